The maximum Gasteiger partial charge on any atom is 0.169 e. The number of fused-ring (bicyclic) bond motifs is 1. The van der Waals surface area contributed by atoms with Crippen LogP contribution in [0.25, 0.3) is 0 Å². The largest absolute Gasteiger partial charge is 0.342 e. The monoisotopic (exact) mass is 184 g/mol. The van der Waals surface area contributed by atoms with E-state index in [2.05, 4.69) is 37.5 Å². The van der Waals surface area contributed by atoms with Crippen molar-refractivity contribution in [2.75, 3.05) is 19.6 Å². The fourth-order valence-electron chi connectivity index (χ4n) is 2.30. The minimum absolute atomic E-state index is 0.0399. The molecule has 2 fully saturated rings. The Morgan fingerprint density at radius 2 is 2.00 bits per heavy atom. The molecule has 76 valence electrons. The Morgan fingerprint density at radius 3 is 2.62 bits per heavy atom. The zero-order chi connectivity index (χ0) is 9.64. The van der Waals surface area contributed by atoms with Crippen LogP contribution in [0.1, 0.15) is 27.7 Å². The van der Waals surface area contributed by atoms with E-state index in [0.717, 1.165) is 19.6 Å². The molecule has 13 heavy (non-hydrogen) atoms. The lowest BCUT2D eigenvalue weighted by atomic mass is 10.1. The second kappa shape index (κ2) is 2.94. The van der Waals surface area contributed by atoms with Crippen LogP contribution >= 0.6 is 0 Å². The highest BCUT2D eigenvalue weighted by atomic mass is 16.6. The Balaban J connectivity index is 2.08. The highest BCUT2D eigenvalue weighted by Gasteiger charge is 2.45. The first-order chi connectivity index (χ1) is 5.99. The average molecular weight is 184 g/mol. The number of hydrogen-bond acceptors (Lipinski definition) is 3. The molecular formula is C10H20N2O. The van der Waals surface area contributed by atoms with Gasteiger partial charge in [-0.05, 0) is 27.7 Å². The lowest BCUT2D eigenvalue weighted by Gasteiger charge is -2.28. The fourth-order valence-corrected chi connectivity index (χ4v) is 2.30. The number of nitrogens with zero attached hydrogens (tertiary/aromatic N) is 2. The third-order valence-corrected chi connectivity index (χ3v) is 2.91. The van der Waals surface area contributed by atoms with Gasteiger partial charge < -0.3 is 4.74 Å². The highest BCUT2D eigenvalue weighted by molar-refractivity contribution is 4.90. The Morgan fingerprint density at radius 1 is 1.31 bits per heavy atom. The van der Waals surface area contributed by atoms with Crippen LogP contribution in [0.5, 0.6) is 0 Å². The summed E-state index contributed by atoms with van der Waals surface area (Å²) in [6, 6.07) is 0.587. The maximum atomic E-state index is 6.00. The second-order valence-corrected chi connectivity index (χ2v) is 5.01. The van der Waals surface area contributed by atoms with E-state index in [1.165, 1.54) is 0 Å². The minimum atomic E-state index is 0.0399. The molecule has 0 spiro atoms. The molecule has 0 amide bonds. The van der Waals surface area contributed by atoms with Gasteiger partial charge in [-0.2, -0.15) is 0 Å². The van der Waals surface area contributed by atoms with Crippen molar-refractivity contribution in [3.63, 3.8) is 0 Å². The van der Waals surface area contributed by atoms with E-state index in [0.29, 0.717) is 6.04 Å². The Hall–Kier alpha value is -0.120. The summed E-state index contributed by atoms with van der Waals surface area (Å²) in [5.41, 5.74) is 0.0399. The lowest BCUT2D eigenvalue weighted by Crippen LogP contribution is -2.40. The summed E-state index contributed by atoms with van der Waals surface area (Å²) in [5, 5.41) is 0. The molecule has 2 saturated heterocycles. The molecular weight excluding hydrogens is 164 g/mol. The molecule has 0 aromatic heterocycles. The molecule has 2 aliphatic rings. The molecule has 0 N–H and O–H groups in total. The predicted octanol–water partition coefficient (Wildman–Crippen LogP) is 1.10. The van der Waals surface area contributed by atoms with Gasteiger partial charge >= 0.3 is 0 Å². The average Bonchev–Trinajstić information content (AvgIpc) is 2.41. The minimum Gasteiger partial charge on any atom is -0.342 e. The summed E-state index contributed by atoms with van der Waals surface area (Å²) in [5.74, 6) is 0. The van der Waals surface area contributed by atoms with Crippen LogP contribution in [-0.4, -0.2) is 47.4 Å². The van der Waals surface area contributed by atoms with Crippen LogP contribution in [0.2, 0.25) is 0 Å². The van der Waals surface area contributed by atoms with E-state index in [4.69, 9.17) is 4.74 Å². The fraction of sp³-hybridized carbons (Fsp3) is 1.00. The summed E-state index contributed by atoms with van der Waals surface area (Å²) < 4.78 is 6.00. The van der Waals surface area contributed by atoms with Gasteiger partial charge in [0.1, 0.15) is 0 Å². The van der Waals surface area contributed by atoms with E-state index >= 15 is 0 Å². The van der Waals surface area contributed by atoms with E-state index in [1.54, 1.807) is 0 Å². The molecule has 3 heteroatoms. The predicted molar refractivity (Wildman–Crippen MR) is 52.4 cm³/mol. The Bertz CT molecular complexity index is 203. The summed E-state index contributed by atoms with van der Waals surface area (Å²) >= 11 is 0. The molecule has 2 aliphatic heterocycles. The summed E-state index contributed by atoms with van der Waals surface area (Å²) in [6.45, 7) is 12.2. The van der Waals surface area contributed by atoms with Crippen LogP contribution in [0, 0.1) is 0 Å². The van der Waals surface area contributed by atoms with Crippen molar-refractivity contribution >= 4 is 0 Å². The zero-order valence-electron chi connectivity index (χ0n) is 9.08. The molecule has 0 aliphatic carbocycles. The van der Waals surface area contributed by atoms with Crippen LogP contribution < -0.4 is 0 Å². The van der Waals surface area contributed by atoms with Crippen molar-refractivity contribution in [3.05, 3.63) is 0 Å². The van der Waals surface area contributed by atoms with Gasteiger partial charge in [0, 0.05) is 25.7 Å². The van der Waals surface area contributed by atoms with Gasteiger partial charge in [0.05, 0.1) is 5.60 Å². The summed E-state index contributed by atoms with van der Waals surface area (Å²) in [4.78, 5) is 4.86. The quantitative estimate of drug-likeness (QED) is 0.607. The van der Waals surface area contributed by atoms with Crippen LogP contribution in [0.15, 0.2) is 0 Å². The SMILES string of the molecule is CC(C)N1CCN2CC(C)(C)OC21. The summed E-state index contributed by atoms with van der Waals surface area (Å²) in [6.07, 6.45) is 0.245. The van der Waals surface area contributed by atoms with Crippen LogP contribution in [-0.2, 0) is 4.74 Å². The van der Waals surface area contributed by atoms with E-state index in [-0.39, 0.29) is 12.0 Å². The van der Waals surface area contributed by atoms with Gasteiger partial charge in [-0.3, -0.25) is 9.80 Å². The first kappa shape index (κ1) is 9.44. The molecule has 0 aromatic carbocycles. The topological polar surface area (TPSA) is 15.7 Å². The van der Waals surface area contributed by atoms with E-state index in [9.17, 15) is 0 Å². The third kappa shape index (κ3) is 1.60. The normalized spacial score (nSPS) is 34.4. The van der Waals surface area contributed by atoms with Crippen molar-refractivity contribution in [1.82, 2.24) is 9.80 Å². The Labute approximate surface area is 80.6 Å². The number of ether oxygens (including phenoxy) is 1. The van der Waals surface area contributed by atoms with Crippen molar-refractivity contribution in [1.29, 1.82) is 0 Å². The van der Waals surface area contributed by atoms with Crippen molar-refractivity contribution < 1.29 is 4.74 Å². The smallest absolute Gasteiger partial charge is 0.169 e. The van der Waals surface area contributed by atoms with Crippen molar-refractivity contribution in [2.45, 2.75) is 45.7 Å². The highest BCUT2D eigenvalue weighted by Crippen LogP contribution is 2.31. The number of rotatable bonds is 1. The van der Waals surface area contributed by atoms with E-state index < -0.39 is 0 Å². The van der Waals surface area contributed by atoms with Gasteiger partial charge in [-0.25, -0.2) is 0 Å². The first-order valence-corrected chi connectivity index (χ1v) is 5.17. The molecule has 0 aromatic rings. The van der Waals surface area contributed by atoms with Gasteiger partial charge in [0.15, 0.2) is 6.35 Å². The zero-order valence-corrected chi connectivity index (χ0v) is 9.08. The van der Waals surface area contributed by atoms with Crippen molar-refractivity contribution in [2.24, 2.45) is 0 Å². The van der Waals surface area contributed by atoms with Gasteiger partial charge in [-0.15, -0.1) is 0 Å². The molecule has 0 saturated carbocycles. The first-order valence-electron chi connectivity index (χ1n) is 5.17. The van der Waals surface area contributed by atoms with Crippen LogP contribution in [0.4, 0.5) is 0 Å². The molecule has 0 bridgehead atoms. The van der Waals surface area contributed by atoms with Crippen LogP contribution in [0.3, 0.4) is 0 Å². The lowest BCUT2D eigenvalue weighted by molar-refractivity contribution is -0.108. The number of hydrogen-bond donors (Lipinski definition) is 0. The molecule has 3 nitrogen and oxygen atoms in total. The third-order valence-electron chi connectivity index (χ3n) is 2.91. The molecule has 2 rings (SSSR count). The molecule has 1 unspecified atom stereocenters. The van der Waals surface area contributed by atoms with Gasteiger partial charge in [0.2, 0.25) is 0 Å². The van der Waals surface area contributed by atoms with Gasteiger partial charge in [0.25, 0.3) is 0 Å². The second-order valence-electron chi connectivity index (χ2n) is 5.01. The molecule has 0 radical (unpaired) electrons. The summed E-state index contributed by atoms with van der Waals surface area (Å²) in [7, 11) is 0. The Kier molecular flexibility index (Phi) is 2.13. The molecule has 1 atom stereocenters. The molecule has 2 heterocycles. The maximum absolute atomic E-state index is 6.00. The van der Waals surface area contributed by atoms with Gasteiger partial charge in [-0.1, -0.05) is 0 Å². The van der Waals surface area contributed by atoms with E-state index in [1.807, 2.05) is 0 Å². The standard InChI is InChI=1S/C10H20N2O/c1-8(2)12-6-5-11-7-10(3,4)13-9(11)12/h8-9H,5-7H2,1-4H3. The van der Waals surface area contributed by atoms with Crippen molar-refractivity contribution in [3.8, 4) is 0 Å².